The van der Waals surface area contributed by atoms with Crippen LogP contribution in [0.1, 0.15) is 77.2 Å². The maximum absolute atomic E-state index is 12.4. The number of aliphatic hydroxyl groups excluding tert-OH is 4. The zero-order valence-corrected chi connectivity index (χ0v) is 22.9. The quantitative estimate of drug-likeness (QED) is 0.359. The van der Waals surface area contributed by atoms with E-state index in [2.05, 4.69) is 19.9 Å². The maximum atomic E-state index is 12.4. The second-order valence-corrected chi connectivity index (χ2v) is 13.3. The second-order valence-electron chi connectivity index (χ2n) is 13.3. The first kappa shape index (κ1) is 27.6. The molecule has 6 rings (SSSR count). The predicted octanol–water partition coefficient (Wildman–Crippen LogP) is 1.98. The summed E-state index contributed by atoms with van der Waals surface area (Å²) in [6.45, 7) is 6.03. The minimum absolute atomic E-state index is 0.0345. The van der Waals surface area contributed by atoms with Gasteiger partial charge in [0.15, 0.2) is 6.29 Å². The molecule has 1 aromatic rings. The van der Waals surface area contributed by atoms with Crippen molar-refractivity contribution >= 4 is 0 Å². The van der Waals surface area contributed by atoms with Gasteiger partial charge in [-0.05, 0) is 74.3 Å². The van der Waals surface area contributed by atoms with Crippen LogP contribution in [-0.2, 0) is 9.47 Å². The number of ether oxygens (including phenoxy) is 2. The fraction of sp³-hybridized carbons (Fsp3) is 0.767. The molecule has 39 heavy (non-hydrogen) atoms. The summed E-state index contributed by atoms with van der Waals surface area (Å²) in [6.07, 6.45) is 2.27. The zero-order chi connectivity index (χ0) is 27.9. The summed E-state index contributed by atoms with van der Waals surface area (Å²) in [5.74, 6) is -0.0169. The monoisotopic (exact) mass is 546 g/mol. The summed E-state index contributed by atoms with van der Waals surface area (Å²) >= 11 is 0. The Bertz CT molecular complexity index is 1160. The zero-order valence-electron chi connectivity index (χ0n) is 22.9. The molecule has 0 unspecified atom stereocenters. The Morgan fingerprint density at radius 2 is 1.74 bits per heavy atom. The summed E-state index contributed by atoms with van der Waals surface area (Å²) in [6, 6.07) is 3.11. The van der Waals surface area contributed by atoms with E-state index in [-0.39, 0.29) is 29.3 Å². The van der Waals surface area contributed by atoms with Crippen LogP contribution in [-0.4, -0.2) is 74.0 Å². The van der Waals surface area contributed by atoms with Gasteiger partial charge >= 0.3 is 5.63 Å². The molecule has 0 bridgehead atoms. The van der Waals surface area contributed by atoms with E-state index in [1.165, 1.54) is 17.9 Å². The first-order chi connectivity index (χ1) is 18.4. The summed E-state index contributed by atoms with van der Waals surface area (Å²) in [5, 5.41) is 54.3. The van der Waals surface area contributed by atoms with Crippen LogP contribution < -0.4 is 5.63 Å². The molecule has 0 radical (unpaired) electrons. The molecule has 0 spiro atoms. The molecule has 4 aliphatic carbocycles. The number of allylic oxidation sites excluding steroid dienone is 1. The Kier molecular flexibility index (Phi) is 6.70. The predicted molar refractivity (Wildman–Crippen MR) is 140 cm³/mol. The van der Waals surface area contributed by atoms with Crippen molar-refractivity contribution in [1.29, 1.82) is 0 Å². The second kappa shape index (κ2) is 9.48. The molecule has 4 fully saturated rings. The lowest BCUT2D eigenvalue weighted by atomic mass is 9.45. The van der Waals surface area contributed by atoms with Gasteiger partial charge in [-0.25, -0.2) is 4.79 Å². The molecular weight excluding hydrogens is 504 g/mol. The van der Waals surface area contributed by atoms with Gasteiger partial charge in [-0.2, -0.15) is 0 Å². The first-order valence-electron chi connectivity index (χ1n) is 14.4. The molecular formula is C30H42O9. The lowest BCUT2D eigenvalue weighted by Gasteiger charge is -2.61. The van der Waals surface area contributed by atoms with Crippen molar-refractivity contribution in [3.05, 3.63) is 46.0 Å². The van der Waals surface area contributed by atoms with Gasteiger partial charge < -0.3 is 39.4 Å². The van der Waals surface area contributed by atoms with Crippen LogP contribution in [0.15, 0.2) is 39.3 Å². The average Bonchev–Trinajstić information content (AvgIpc) is 3.11. The molecule has 0 amide bonds. The lowest BCUT2D eigenvalue weighted by molar-refractivity contribution is -0.301. The van der Waals surface area contributed by atoms with Gasteiger partial charge in [0, 0.05) is 23.8 Å². The molecule has 0 aromatic carbocycles. The van der Waals surface area contributed by atoms with Crippen LogP contribution in [0.25, 0.3) is 0 Å². The van der Waals surface area contributed by atoms with Crippen LogP contribution in [0.5, 0.6) is 0 Å². The molecule has 1 aliphatic heterocycles. The first-order valence-corrected chi connectivity index (χ1v) is 14.4. The Morgan fingerprint density at radius 3 is 2.46 bits per heavy atom. The molecule has 9 heteroatoms. The van der Waals surface area contributed by atoms with Crippen LogP contribution >= 0.6 is 0 Å². The van der Waals surface area contributed by atoms with Crippen molar-refractivity contribution in [2.24, 2.45) is 22.7 Å². The van der Waals surface area contributed by atoms with E-state index < -0.39 is 53.5 Å². The molecule has 13 atom stereocenters. The van der Waals surface area contributed by atoms with Crippen LogP contribution in [0.3, 0.4) is 0 Å². The number of aliphatic hydroxyl groups is 5. The van der Waals surface area contributed by atoms with E-state index in [9.17, 15) is 30.3 Å². The summed E-state index contributed by atoms with van der Waals surface area (Å²) in [4.78, 5) is 11.6. The SMILES string of the molecule is C[C@@H]1O[C@@H](O[C@@H]2C=C3CC[C@@H]4[C@@H](CC[C@]5(C)[C@H](c6ccc(=O)oc6)[C@@H](O)C[C@]45O)[C@]3(C)CC2)[C@H](O)[C@@H](O)[C@H]1O. The number of hydrogen-bond acceptors (Lipinski definition) is 9. The number of hydrogen-bond donors (Lipinski definition) is 5. The molecule has 216 valence electrons. The summed E-state index contributed by atoms with van der Waals surface area (Å²) in [7, 11) is 0. The minimum Gasteiger partial charge on any atom is -0.431 e. The standard InChI is InChI=1S/C30H42O9/c1-15-24(33)25(34)26(35)27(38-15)39-18-8-10-28(2)17(12-18)5-6-20-19(28)9-11-29(3)23(21(31)13-30(20,29)36)16-4-7-22(32)37-14-16/h4,7,12,14-15,18-21,23-27,31,33-36H,5-6,8-11,13H2,1-3H3/t15-,18-,19+,20+,21-,23+,24-,25-,26+,27-,28+,29+,30-/m0/s1. The van der Waals surface area contributed by atoms with Crippen LogP contribution in [0.4, 0.5) is 0 Å². The molecule has 1 saturated heterocycles. The third kappa shape index (κ3) is 4.03. The van der Waals surface area contributed by atoms with Gasteiger partial charge in [0.05, 0.1) is 30.2 Å². The van der Waals surface area contributed by atoms with Crippen molar-refractivity contribution in [2.75, 3.05) is 0 Å². The third-order valence-electron chi connectivity index (χ3n) is 11.5. The van der Waals surface area contributed by atoms with Gasteiger partial charge in [-0.1, -0.05) is 25.5 Å². The molecule has 5 N–H and O–H groups in total. The summed E-state index contributed by atoms with van der Waals surface area (Å²) < 4.78 is 16.9. The van der Waals surface area contributed by atoms with Crippen molar-refractivity contribution < 1.29 is 39.4 Å². The van der Waals surface area contributed by atoms with Gasteiger partial charge in [0.25, 0.3) is 0 Å². The maximum Gasteiger partial charge on any atom is 0.335 e. The van der Waals surface area contributed by atoms with Gasteiger partial charge in [0.2, 0.25) is 0 Å². The van der Waals surface area contributed by atoms with Crippen molar-refractivity contribution in [1.82, 2.24) is 0 Å². The van der Waals surface area contributed by atoms with E-state index in [0.29, 0.717) is 12.8 Å². The Hall–Kier alpha value is -1.59. The van der Waals surface area contributed by atoms with Crippen molar-refractivity contribution in [3.63, 3.8) is 0 Å². The van der Waals surface area contributed by atoms with Crippen molar-refractivity contribution in [3.8, 4) is 0 Å². The van der Waals surface area contributed by atoms with Crippen LogP contribution in [0.2, 0.25) is 0 Å². The Morgan fingerprint density at radius 1 is 0.974 bits per heavy atom. The summed E-state index contributed by atoms with van der Waals surface area (Å²) in [5.41, 5.74) is -0.0587. The highest BCUT2D eigenvalue weighted by Gasteiger charge is 2.69. The highest BCUT2D eigenvalue weighted by molar-refractivity contribution is 5.32. The van der Waals surface area contributed by atoms with Gasteiger partial charge in [-0.3, -0.25) is 0 Å². The topological polar surface area (TPSA) is 150 Å². The molecule has 1 aromatic heterocycles. The average molecular weight is 547 g/mol. The number of rotatable bonds is 3. The minimum atomic E-state index is -1.33. The molecule has 9 nitrogen and oxygen atoms in total. The normalized spacial score (nSPS) is 51.4. The Balaban J connectivity index is 1.23. The third-order valence-corrected chi connectivity index (χ3v) is 11.5. The molecule has 3 saturated carbocycles. The fourth-order valence-corrected chi connectivity index (χ4v) is 9.25. The van der Waals surface area contributed by atoms with Crippen LogP contribution in [0, 0.1) is 22.7 Å². The fourth-order valence-electron chi connectivity index (χ4n) is 9.25. The highest BCUT2D eigenvalue weighted by atomic mass is 16.7. The number of fused-ring (bicyclic) bond motifs is 5. The van der Waals surface area contributed by atoms with Gasteiger partial charge in [0.1, 0.15) is 18.3 Å². The van der Waals surface area contributed by atoms with E-state index in [1.807, 2.05) is 0 Å². The van der Waals surface area contributed by atoms with E-state index in [1.54, 1.807) is 13.0 Å². The highest BCUT2D eigenvalue weighted by Crippen LogP contribution is 2.70. The van der Waals surface area contributed by atoms with E-state index >= 15 is 0 Å². The van der Waals surface area contributed by atoms with E-state index in [0.717, 1.165) is 37.7 Å². The molecule has 2 heterocycles. The lowest BCUT2D eigenvalue weighted by Crippen LogP contribution is -2.60. The van der Waals surface area contributed by atoms with E-state index in [4.69, 9.17) is 13.9 Å². The largest absolute Gasteiger partial charge is 0.431 e. The molecule has 5 aliphatic rings. The smallest absolute Gasteiger partial charge is 0.335 e. The van der Waals surface area contributed by atoms with Crippen molar-refractivity contribution in [2.45, 2.75) is 120 Å². The van der Waals surface area contributed by atoms with Gasteiger partial charge in [-0.15, -0.1) is 0 Å². The Labute approximate surface area is 228 Å².